The molecule has 0 spiro atoms. The molecule has 0 amide bonds. The minimum absolute atomic E-state index is 0.162. The molecule has 2 N–H and O–H groups in total. The summed E-state index contributed by atoms with van der Waals surface area (Å²) in [7, 11) is 0.0782. The van der Waals surface area contributed by atoms with Crippen LogP contribution >= 0.6 is 11.6 Å². The van der Waals surface area contributed by atoms with Gasteiger partial charge in [0.2, 0.25) is 0 Å². The number of anilines is 1. The molecule has 0 fully saturated rings. The average molecular weight is 314 g/mol. The summed E-state index contributed by atoms with van der Waals surface area (Å²) in [4.78, 5) is 0.556. The smallest absolute Gasteiger partial charge is 0.165 e. The van der Waals surface area contributed by atoms with E-state index in [4.69, 9.17) is 22.1 Å². The predicted octanol–water partition coefficient (Wildman–Crippen LogP) is 3.38. The van der Waals surface area contributed by atoms with Crippen LogP contribution in [-0.2, 0) is 16.6 Å². The molecular formula is C14H13ClFNO2S. The lowest BCUT2D eigenvalue weighted by Gasteiger charge is -2.07. The maximum Gasteiger partial charge on any atom is 0.165 e. The van der Waals surface area contributed by atoms with Gasteiger partial charge in [0, 0.05) is 4.90 Å². The lowest BCUT2D eigenvalue weighted by molar-refractivity contribution is 0.386. The van der Waals surface area contributed by atoms with Gasteiger partial charge in [0.1, 0.15) is 0 Å². The van der Waals surface area contributed by atoms with Crippen LogP contribution in [0.15, 0.2) is 41.3 Å². The fourth-order valence-electron chi connectivity index (χ4n) is 1.68. The van der Waals surface area contributed by atoms with Gasteiger partial charge in [-0.3, -0.25) is 4.21 Å². The Morgan fingerprint density at radius 3 is 2.65 bits per heavy atom. The van der Waals surface area contributed by atoms with Gasteiger partial charge in [-0.05, 0) is 35.9 Å². The third-order valence-corrected chi connectivity index (χ3v) is 4.45. The largest absolute Gasteiger partial charge is 0.494 e. The maximum atomic E-state index is 13.6. The van der Waals surface area contributed by atoms with Crippen molar-refractivity contribution in [3.05, 3.63) is 52.8 Å². The lowest BCUT2D eigenvalue weighted by atomic mass is 10.2. The molecule has 2 aromatic carbocycles. The van der Waals surface area contributed by atoms with E-state index in [1.54, 1.807) is 24.3 Å². The van der Waals surface area contributed by atoms with Gasteiger partial charge in [0.25, 0.3) is 0 Å². The van der Waals surface area contributed by atoms with E-state index in [0.717, 1.165) is 0 Å². The molecule has 2 rings (SSSR count). The fraction of sp³-hybridized carbons (Fsp3) is 0.143. The summed E-state index contributed by atoms with van der Waals surface area (Å²) in [5.41, 5.74) is 6.65. The predicted molar refractivity (Wildman–Crippen MR) is 78.9 cm³/mol. The Kier molecular flexibility index (Phi) is 4.62. The number of hydrogen-bond acceptors (Lipinski definition) is 3. The van der Waals surface area contributed by atoms with E-state index in [0.29, 0.717) is 21.2 Å². The minimum Gasteiger partial charge on any atom is -0.494 e. The van der Waals surface area contributed by atoms with E-state index < -0.39 is 16.6 Å². The molecule has 0 radical (unpaired) electrons. The molecular weight excluding hydrogens is 301 g/mol. The summed E-state index contributed by atoms with van der Waals surface area (Å²) in [5.74, 6) is -0.117. The molecule has 1 atom stereocenters. The maximum absolute atomic E-state index is 13.6. The van der Waals surface area contributed by atoms with E-state index in [1.165, 1.54) is 19.2 Å². The first kappa shape index (κ1) is 14.8. The van der Waals surface area contributed by atoms with Gasteiger partial charge >= 0.3 is 0 Å². The van der Waals surface area contributed by atoms with Gasteiger partial charge in [-0.15, -0.1) is 0 Å². The molecule has 0 saturated heterocycles. The monoisotopic (exact) mass is 313 g/mol. The van der Waals surface area contributed by atoms with Crippen molar-refractivity contribution >= 4 is 28.1 Å². The first-order chi connectivity index (χ1) is 9.51. The van der Waals surface area contributed by atoms with Crippen molar-refractivity contribution in [2.24, 2.45) is 0 Å². The third kappa shape index (κ3) is 3.29. The Morgan fingerprint density at radius 2 is 2.05 bits per heavy atom. The normalized spacial score (nSPS) is 12.2. The molecule has 0 aliphatic carbocycles. The molecule has 0 heterocycles. The molecule has 2 aromatic rings. The number of halogens is 2. The Balaban J connectivity index is 2.19. The fourth-order valence-corrected chi connectivity index (χ4v) is 3.05. The Bertz CT molecular complexity index is 664. The Labute approximate surface area is 124 Å². The highest BCUT2D eigenvalue weighted by Gasteiger charge is 2.10. The van der Waals surface area contributed by atoms with Crippen LogP contribution in [-0.4, -0.2) is 11.3 Å². The Morgan fingerprint density at radius 1 is 1.30 bits per heavy atom. The van der Waals surface area contributed by atoms with E-state index in [9.17, 15) is 8.60 Å². The van der Waals surface area contributed by atoms with Crippen molar-refractivity contribution in [3.63, 3.8) is 0 Å². The zero-order valence-electron chi connectivity index (χ0n) is 10.7. The number of ether oxygens (including phenoxy) is 1. The van der Waals surface area contributed by atoms with Crippen molar-refractivity contribution in [3.8, 4) is 5.75 Å². The van der Waals surface area contributed by atoms with Crippen LogP contribution in [0.1, 0.15) is 5.56 Å². The van der Waals surface area contributed by atoms with Crippen molar-refractivity contribution in [1.82, 2.24) is 0 Å². The molecule has 0 bridgehead atoms. The molecule has 0 aliphatic heterocycles. The van der Waals surface area contributed by atoms with Crippen LogP contribution in [0.4, 0.5) is 10.1 Å². The molecule has 20 heavy (non-hydrogen) atoms. The highest BCUT2D eigenvalue weighted by molar-refractivity contribution is 7.84. The zero-order chi connectivity index (χ0) is 14.7. The van der Waals surface area contributed by atoms with Crippen LogP contribution in [0.5, 0.6) is 5.75 Å². The number of methoxy groups -OCH3 is 1. The summed E-state index contributed by atoms with van der Waals surface area (Å²) < 4.78 is 30.6. The second-order valence-corrected chi connectivity index (χ2v) is 6.00. The summed E-state index contributed by atoms with van der Waals surface area (Å²) in [5, 5.41) is 0.358. The first-order valence-corrected chi connectivity index (χ1v) is 7.46. The van der Waals surface area contributed by atoms with Crippen molar-refractivity contribution in [2.45, 2.75) is 10.6 Å². The second-order valence-electron chi connectivity index (χ2n) is 4.14. The summed E-state index contributed by atoms with van der Waals surface area (Å²) in [6.07, 6.45) is 0. The first-order valence-electron chi connectivity index (χ1n) is 5.77. The molecule has 3 nitrogen and oxygen atoms in total. The van der Waals surface area contributed by atoms with Gasteiger partial charge in [0.05, 0.1) is 34.4 Å². The quantitative estimate of drug-likeness (QED) is 0.880. The van der Waals surface area contributed by atoms with E-state index in [1.807, 2.05) is 0 Å². The van der Waals surface area contributed by atoms with Crippen molar-refractivity contribution < 1.29 is 13.3 Å². The van der Waals surface area contributed by atoms with E-state index in [2.05, 4.69) is 0 Å². The standard InChI is InChI=1S/C14H13ClFNO2S/c1-19-14-5-2-9(6-12(14)16)8-20(18)10-3-4-13(17)11(15)7-10/h2-7H,8,17H2,1H3. The van der Waals surface area contributed by atoms with Crippen molar-refractivity contribution in [1.29, 1.82) is 0 Å². The van der Waals surface area contributed by atoms with Crippen LogP contribution in [0.25, 0.3) is 0 Å². The second kappa shape index (κ2) is 6.24. The zero-order valence-corrected chi connectivity index (χ0v) is 12.3. The van der Waals surface area contributed by atoms with Crippen LogP contribution in [0.3, 0.4) is 0 Å². The molecule has 1 unspecified atom stereocenters. The summed E-state index contributed by atoms with van der Waals surface area (Å²) >= 11 is 5.89. The van der Waals surface area contributed by atoms with Crippen LogP contribution in [0, 0.1) is 5.82 Å². The molecule has 6 heteroatoms. The summed E-state index contributed by atoms with van der Waals surface area (Å²) in [6.45, 7) is 0. The van der Waals surface area contributed by atoms with Crippen LogP contribution in [0.2, 0.25) is 5.02 Å². The molecule has 106 valence electrons. The van der Waals surface area contributed by atoms with Gasteiger partial charge in [-0.1, -0.05) is 17.7 Å². The summed E-state index contributed by atoms with van der Waals surface area (Å²) in [6, 6.07) is 9.32. The lowest BCUT2D eigenvalue weighted by Crippen LogP contribution is -1.99. The van der Waals surface area contributed by atoms with E-state index in [-0.39, 0.29) is 11.5 Å². The van der Waals surface area contributed by atoms with Crippen molar-refractivity contribution in [2.75, 3.05) is 12.8 Å². The average Bonchev–Trinajstić information content (AvgIpc) is 2.42. The Hall–Kier alpha value is -1.59. The number of benzene rings is 2. The van der Waals surface area contributed by atoms with E-state index >= 15 is 0 Å². The number of rotatable bonds is 4. The minimum atomic E-state index is -1.32. The van der Waals surface area contributed by atoms with Gasteiger partial charge in [0.15, 0.2) is 11.6 Å². The SMILES string of the molecule is COc1ccc(CS(=O)c2ccc(N)c(Cl)c2)cc1F. The molecule has 0 saturated carbocycles. The van der Waals surface area contributed by atoms with Gasteiger partial charge < -0.3 is 10.5 Å². The van der Waals surface area contributed by atoms with Gasteiger partial charge in [-0.2, -0.15) is 0 Å². The number of hydrogen-bond donors (Lipinski definition) is 1. The third-order valence-electron chi connectivity index (χ3n) is 2.75. The highest BCUT2D eigenvalue weighted by atomic mass is 35.5. The van der Waals surface area contributed by atoms with Gasteiger partial charge in [-0.25, -0.2) is 4.39 Å². The molecule has 0 aromatic heterocycles. The molecule has 0 aliphatic rings. The highest BCUT2D eigenvalue weighted by Crippen LogP contribution is 2.24. The topological polar surface area (TPSA) is 52.3 Å². The number of nitrogen functional groups attached to an aromatic ring is 1. The number of nitrogens with two attached hydrogens (primary N) is 1. The van der Waals surface area contributed by atoms with Crippen LogP contribution < -0.4 is 10.5 Å².